The SMILES string of the molecule is Cn1cnnc1C1(c2cccc(N3Cc4c(cc(CN5CCCCC5)cc4C(F)(F)F)C3=O)c2)COC1. The van der Waals surface area contributed by atoms with Crippen molar-refractivity contribution in [2.24, 2.45) is 7.05 Å². The quantitative estimate of drug-likeness (QED) is 0.511. The van der Waals surface area contributed by atoms with E-state index in [-0.39, 0.29) is 17.7 Å². The minimum Gasteiger partial charge on any atom is -0.378 e. The number of nitrogens with zero attached hydrogens (tertiary/aromatic N) is 5. The van der Waals surface area contributed by atoms with Crippen LogP contribution in [0.15, 0.2) is 42.7 Å². The third-order valence-corrected chi connectivity index (χ3v) is 7.81. The molecule has 2 saturated heterocycles. The van der Waals surface area contributed by atoms with E-state index in [1.54, 1.807) is 18.5 Å². The van der Waals surface area contributed by atoms with Gasteiger partial charge in [-0.1, -0.05) is 18.6 Å². The third-order valence-electron chi connectivity index (χ3n) is 7.81. The van der Waals surface area contributed by atoms with Crippen LogP contribution in [0.25, 0.3) is 0 Å². The fraction of sp³-hybridized carbons (Fsp3) is 0.444. The lowest BCUT2D eigenvalue weighted by Gasteiger charge is -2.41. The summed E-state index contributed by atoms with van der Waals surface area (Å²) >= 11 is 0. The van der Waals surface area contributed by atoms with Crippen LogP contribution >= 0.6 is 0 Å². The maximum Gasteiger partial charge on any atom is 0.416 e. The second-order valence-electron chi connectivity index (χ2n) is 10.3. The molecule has 0 spiro atoms. The Hall–Kier alpha value is -3.24. The van der Waals surface area contributed by atoms with Gasteiger partial charge in [0.05, 0.1) is 25.3 Å². The number of aromatic nitrogens is 3. The topological polar surface area (TPSA) is 63.5 Å². The van der Waals surface area contributed by atoms with E-state index in [9.17, 15) is 18.0 Å². The fourth-order valence-corrected chi connectivity index (χ4v) is 5.82. The molecule has 2 fully saturated rings. The molecule has 6 rings (SSSR count). The molecule has 0 N–H and O–H groups in total. The molecule has 0 radical (unpaired) electrons. The molecule has 0 saturated carbocycles. The van der Waals surface area contributed by atoms with E-state index in [4.69, 9.17) is 4.74 Å². The van der Waals surface area contributed by atoms with Gasteiger partial charge in [0.2, 0.25) is 0 Å². The number of aryl methyl sites for hydroxylation is 1. The van der Waals surface area contributed by atoms with Crippen LogP contribution in [0.1, 0.15) is 57.7 Å². The molecule has 3 aliphatic rings. The van der Waals surface area contributed by atoms with Gasteiger partial charge in [0.25, 0.3) is 5.91 Å². The first-order valence-electron chi connectivity index (χ1n) is 12.6. The minimum absolute atomic E-state index is 0.0419. The highest BCUT2D eigenvalue weighted by Gasteiger charge is 2.46. The molecule has 1 amide bonds. The number of ether oxygens (including phenoxy) is 1. The van der Waals surface area contributed by atoms with E-state index in [0.29, 0.717) is 31.0 Å². The van der Waals surface area contributed by atoms with Gasteiger partial charge in [0.1, 0.15) is 17.6 Å². The molecule has 10 heteroatoms. The van der Waals surface area contributed by atoms with Gasteiger partial charge in [0, 0.05) is 24.8 Å². The molecule has 0 unspecified atom stereocenters. The van der Waals surface area contributed by atoms with Crippen LogP contribution in [0.3, 0.4) is 0 Å². The van der Waals surface area contributed by atoms with E-state index < -0.39 is 23.1 Å². The van der Waals surface area contributed by atoms with Crippen molar-refractivity contribution in [1.82, 2.24) is 19.7 Å². The highest BCUT2D eigenvalue weighted by Crippen LogP contribution is 2.42. The number of hydrogen-bond acceptors (Lipinski definition) is 5. The van der Waals surface area contributed by atoms with Gasteiger partial charge in [-0.15, -0.1) is 10.2 Å². The number of likely N-dealkylation sites (tertiary alicyclic amines) is 1. The number of fused-ring (bicyclic) bond motifs is 1. The molecule has 0 aliphatic carbocycles. The molecule has 1 aromatic heterocycles. The Morgan fingerprint density at radius 3 is 2.51 bits per heavy atom. The average molecular weight is 512 g/mol. The van der Waals surface area contributed by atoms with Crippen LogP contribution in [0, 0.1) is 0 Å². The van der Waals surface area contributed by atoms with Crippen molar-refractivity contribution < 1.29 is 22.7 Å². The highest BCUT2D eigenvalue weighted by molar-refractivity contribution is 6.10. The predicted octanol–water partition coefficient (Wildman–Crippen LogP) is 4.30. The number of rotatable bonds is 5. The van der Waals surface area contributed by atoms with Crippen LogP contribution < -0.4 is 4.90 Å². The van der Waals surface area contributed by atoms with Crippen molar-refractivity contribution in [2.75, 3.05) is 31.2 Å². The lowest BCUT2D eigenvalue weighted by Crippen LogP contribution is -2.49. The zero-order valence-corrected chi connectivity index (χ0v) is 20.6. The Bertz CT molecular complexity index is 1340. The van der Waals surface area contributed by atoms with Crippen LogP contribution in [0.5, 0.6) is 0 Å². The van der Waals surface area contributed by atoms with E-state index in [1.807, 2.05) is 29.8 Å². The highest BCUT2D eigenvalue weighted by atomic mass is 19.4. The van der Waals surface area contributed by atoms with Crippen molar-refractivity contribution in [1.29, 1.82) is 0 Å². The maximum atomic E-state index is 14.2. The smallest absolute Gasteiger partial charge is 0.378 e. The zero-order chi connectivity index (χ0) is 25.8. The Balaban J connectivity index is 1.35. The van der Waals surface area contributed by atoms with Crippen molar-refractivity contribution >= 4 is 11.6 Å². The number of carbonyl (C=O) groups excluding carboxylic acids is 1. The van der Waals surface area contributed by atoms with E-state index in [0.717, 1.165) is 43.7 Å². The normalized spacial score (nSPS) is 19.7. The number of benzene rings is 2. The summed E-state index contributed by atoms with van der Waals surface area (Å²) in [6.07, 6.45) is 0.311. The zero-order valence-electron chi connectivity index (χ0n) is 20.6. The molecule has 3 aromatic rings. The van der Waals surface area contributed by atoms with Crippen molar-refractivity contribution in [3.05, 3.63) is 76.4 Å². The van der Waals surface area contributed by atoms with Gasteiger partial charge in [-0.3, -0.25) is 9.69 Å². The lowest BCUT2D eigenvalue weighted by atomic mass is 9.77. The second-order valence-corrected chi connectivity index (χ2v) is 10.3. The number of carbonyl (C=O) groups is 1. The summed E-state index contributed by atoms with van der Waals surface area (Å²) in [6.45, 7) is 2.85. The largest absolute Gasteiger partial charge is 0.416 e. The van der Waals surface area contributed by atoms with Crippen LogP contribution in [-0.2, 0) is 36.5 Å². The van der Waals surface area contributed by atoms with E-state index in [1.165, 1.54) is 11.0 Å². The number of amides is 1. The summed E-state index contributed by atoms with van der Waals surface area (Å²) in [7, 11) is 1.86. The summed E-state index contributed by atoms with van der Waals surface area (Å²) in [5.41, 5.74) is 0.922. The maximum absolute atomic E-state index is 14.2. The first kappa shape index (κ1) is 24.1. The van der Waals surface area contributed by atoms with Gasteiger partial charge in [0.15, 0.2) is 0 Å². The molecule has 7 nitrogen and oxygen atoms in total. The van der Waals surface area contributed by atoms with Crippen LogP contribution in [-0.4, -0.2) is 51.9 Å². The van der Waals surface area contributed by atoms with Crippen LogP contribution in [0.2, 0.25) is 0 Å². The van der Waals surface area contributed by atoms with Gasteiger partial charge in [-0.2, -0.15) is 13.2 Å². The van der Waals surface area contributed by atoms with Gasteiger partial charge in [-0.25, -0.2) is 0 Å². The standard InChI is InChI=1S/C27H28F3N5O2/c1-33-17-31-32-25(33)26(15-37-16-26)19-6-5-7-20(12-19)35-14-22-21(24(35)36)10-18(11-23(22)27(28,29)30)13-34-8-3-2-4-9-34/h5-7,10-12,17H,2-4,8-9,13-16H2,1H3. The Labute approximate surface area is 212 Å². The lowest BCUT2D eigenvalue weighted by molar-refractivity contribution is -0.138. The first-order valence-corrected chi connectivity index (χ1v) is 12.6. The van der Waals surface area contributed by atoms with Gasteiger partial charge in [-0.05, 0) is 66.9 Å². The number of hydrogen-bond donors (Lipinski definition) is 0. The second kappa shape index (κ2) is 8.95. The molecule has 3 aliphatic heterocycles. The Kier molecular flexibility index (Phi) is 5.83. The summed E-state index contributed by atoms with van der Waals surface area (Å²) in [4.78, 5) is 17.1. The van der Waals surface area contributed by atoms with Gasteiger partial charge >= 0.3 is 6.18 Å². The number of halogens is 3. The van der Waals surface area contributed by atoms with Crippen molar-refractivity contribution in [2.45, 2.75) is 43.9 Å². The van der Waals surface area contributed by atoms with E-state index >= 15 is 0 Å². The number of anilines is 1. The summed E-state index contributed by atoms with van der Waals surface area (Å²) in [5, 5.41) is 8.28. The first-order chi connectivity index (χ1) is 17.8. The molecular formula is C27H28F3N5O2. The monoisotopic (exact) mass is 511 g/mol. The molecule has 2 aromatic carbocycles. The summed E-state index contributed by atoms with van der Waals surface area (Å²) < 4.78 is 49.8. The average Bonchev–Trinajstić information content (AvgIpc) is 3.42. The predicted molar refractivity (Wildman–Crippen MR) is 130 cm³/mol. The molecule has 194 valence electrons. The Morgan fingerprint density at radius 2 is 1.86 bits per heavy atom. The van der Waals surface area contributed by atoms with Crippen molar-refractivity contribution in [3.8, 4) is 0 Å². The molecule has 0 bridgehead atoms. The van der Waals surface area contributed by atoms with Crippen molar-refractivity contribution in [3.63, 3.8) is 0 Å². The Morgan fingerprint density at radius 1 is 1.08 bits per heavy atom. The summed E-state index contributed by atoms with van der Waals surface area (Å²) in [5.74, 6) is 0.337. The fourth-order valence-electron chi connectivity index (χ4n) is 5.82. The molecule has 4 heterocycles. The van der Waals surface area contributed by atoms with Crippen LogP contribution in [0.4, 0.5) is 18.9 Å². The third kappa shape index (κ3) is 4.12. The minimum atomic E-state index is -4.54. The van der Waals surface area contributed by atoms with Gasteiger partial charge < -0.3 is 14.2 Å². The number of piperidine rings is 1. The number of alkyl halides is 3. The molecular weight excluding hydrogens is 483 g/mol. The summed E-state index contributed by atoms with van der Waals surface area (Å²) in [6, 6.07) is 10.3. The van der Waals surface area contributed by atoms with E-state index in [2.05, 4.69) is 15.1 Å². The molecule has 37 heavy (non-hydrogen) atoms. The molecule has 0 atom stereocenters.